The first kappa shape index (κ1) is 19.9. The fourth-order valence-electron chi connectivity index (χ4n) is 3.31. The first-order valence-electron chi connectivity index (χ1n) is 8.97. The van der Waals surface area contributed by atoms with E-state index in [4.69, 9.17) is 22.7 Å². The predicted octanol–water partition coefficient (Wildman–Crippen LogP) is 3.89. The summed E-state index contributed by atoms with van der Waals surface area (Å²) in [5.74, 6) is -0.320. The molecule has 0 fully saturated rings. The number of nitrogens with two attached hydrogens (primary N) is 1. The van der Waals surface area contributed by atoms with E-state index in [1.165, 1.54) is 10.2 Å². The molecule has 30 heavy (non-hydrogen) atoms. The number of rotatable bonds is 4. The van der Waals surface area contributed by atoms with Crippen LogP contribution in [-0.4, -0.2) is 24.1 Å². The molecule has 4 N–H and O–H groups in total. The summed E-state index contributed by atoms with van der Waals surface area (Å²) in [7, 11) is -3.88. The van der Waals surface area contributed by atoms with Crippen LogP contribution in [0.4, 0.5) is 0 Å². The van der Waals surface area contributed by atoms with Crippen LogP contribution in [0.15, 0.2) is 76.9 Å². The SMILES string of the molecule is CC(=NNC(=N)N)c1cn(S(=O)(=O)c2ccc3ccccc3c2)c2ccc(Cl)cc12. The monoisotopic (exact) mass is 439 g/mol. The minimum absolute atomic E-state index is 0.177. The Labute approximate surface area is 178 Å². The van der Waals surface area contributed by atoms with Gasteiger partial charge in [-0.05, 0) is 48.0 Å². The minimum Gasteiger partial charge on any atom is -0.369 e. The third-order valence-electron chi connectivity index (χ3n) is 4.74. The number of hydrazone groups is 1. The standard InChI is InChI=1S/C21H18ClN5O2S/c1-13(25-26-21(23)24)19-12-27(20-9-7-16(22)11-18(19)20)30(28,29)17-8-6-14-4-2-3-5-15(14)10-17/h2-12H,1H3,(H4,23,24,26). The van der Waals surface area contributed by atoms with E-state index in [-0.39, 0.29) is 10.9 Å². The van der Waals surface area contributed by atoms with Crippen molar-refractivity contribution in [1.82, 2.24) is 9.40 Å². The highest BCUT2D eigenvalue weighted by Crippen LogP contribution is 2.30. The maximum absolute atomic E-state index is 13.5. The van der Waals surface area contributed by atoms with E-state index in [1.54, 1.807) is 43.3 Å². The van der Waals surface area contributed by atoms with Crippen LogP contribution in [-0.2, 0) is 10.0 Å². The molecule has 0 aliphatic carbocycles. The van der Waals surface area contributed by atoms with E-state index in [2.05, 4.69) is 10.5 Å². The number of guanidine groups is 1. The summed E-state index contributed by atoms with van der Waals surface area (Å²) < 4.78 is 28.2. The third kappa shape index (κ3) is 3.51. The van der Waals surface area contributed by atoms with Gasteiger partial charge in [0.05, 0.1) is 16.1 Å². The van der Waals surface area contributed by atoms with Crippen molar-refractivity contribution in [2.24, 2.45) is 10.8 Å². The molecule has 0 radical (unpaired) electrons. The first-order valence-corrected chi connectivity index (χ1v) is 10.8. The van der Waals surface area contributed by atoms with Crippen molar-refractivity contribution in [2.45, 2.75) is 11.8 Å². The summed E-state index contributed by atoms with van der Waals surface area (Å²) in [6.45, 7) is 1.69. The van der Waals surface area contributed by atoms with Crippen molar-refractivity contribution < 1.29 is 8.42 Å². The molecule has 4 rings (SSSR count). The van der Waals surface area contributed by atoms with E-state index < -0.39 is 10.0 Å². The van der Waals surface area contributed by atoms with Gasteiger partial charge in [-0.2, -0.15) is 5.10 Å². The molecule has 9 heteroatoms. The Morgan fingerprint density at radius 3 is 2.57 bits per heavy atom. The van der Waals surface area contributed by atoms with E-state index >= 15 is 0 Å². The zero-order chi connectivity index (χ0) is 21.5. The molecule has 0 aliphatic heterocycles. The van der Waals surface area contributed by atoms with Crippen LogP contribution in [0.5, 0.6) is 0 Å². The smallest absolute Gasteiger partial charge is 0.268 e. The van der Waals surface area contributed by atoms with Crippen molar-refractivity contribution >= 4 is 55.0 Å². The molecule has 1 heterocycles. The molecule has 0 spiro atoms. The van der Waals surface area contributed by atoms with E-state index in [1.807, 2.05) is 24.3 Å². The van der Waals surface area contributed by atoms with Gasteiger partial charge in [-0.25, -0.2) is 17.8 Å². The molecule has 0 bridgehead atoms. The number of nitrogens with one attached hydrogen (secondary N) is 2. The van der Waals surface area contributed by atoms with Crippen molar-refractivity contribution in [3.63, 3.8) is 0 Å². The van der Waals surface area contributed by atoms with Crippen LogP contribution in [0, 0.1) is 5.41 Å². The molecule has 1 aromatic heterocycles. The van der Waals surface area contributed by atoms with Crippen molar-refractivity contribution in [2.75, 3.05) is 0 Å². The lowest BCUT2D eigenvalue weighted by Crippen LogP contribution is -2.26. The highest BCUT2D eigenvalue weighted by molar-refractivity contribution is 7.90. The lowest BCUT2D eigenvalue weighted by molar-refractivity contribution is 0.589. The fraction of sp³-hybridized carbons (Fsp3) is 0.0476. The van der Waals surface area contributed by atoms with Crippen molar-refractivity contribution in [3.05, 3.63) is 77.4 Å². The second kappa shape index (κ2) is 7.47. The number of nitrogens with zero attached hydrogens (tertiary/aromatic N) is 2. The largest absolute Gasteiger partial charge is 0.369 e. The topological polar surface area (TPSA) is 113 Å². The molecule has 7 nitrogen and oxygen atoms in total. The van der Waals surface area contributed by atoms with E-state index in [9.17, 15) is 8.42 Å². The molecule has 3 aromatic carbocycles. The zero-order valence-electron chi connectivity index (χ0n) is 15.9. The molecule has 0 saturated carbocycles. The lowest BCUT2D eigenvalue weighted by atomic mass is 10.1. The molecule has 0 amide bonds. The molecule has 4 aromatic rings. The second-order valence-corrected chi connectivity index (χ2v) is 8.99. The molecular formula is C21H18ClN5O2S. The van der Waals surface area contributed by atoms with Crippen LogP contribution in [0.3, 0.4) is 0 Å². The Bertz CT molecular complexity index is 1440. The van der Waals surface area contributed by atoms with Gasteiger partial charge in [0.2, 0.25) is 5.96 Å². The van der Waals surface area contributed by atoms with Crippen LogP contribution in [0.1, 0.15) is 12.5 Å². The van der Waals surface area contributed by atoms with Crippen LogP contribution in [0.2, 0.25) is 5.02 Å². The zero-order valence-corrected chi connectivity index (χ0v) is 17.5. The normalized spacial score (nSPS) is 12.4. The average Bonchev–Trinajstić information content (AvgIpc) is 3.11. The van der Waals surface area contributed by atoms with Gasteiger partial charge < -0.3 is 5.73 Å². The van der Waals surface area contributed by atoms with Crippen molar-refractivity contribution in [3.8, 4) is 0 Å². The summed E-state index contributed by atoms with van der Waals surface area (Å²) in [4.78, 5) is 0.177. The van der Waals surface area contributed by atoms with Gasteiger partial charge in [-0.15, -0.1) is 0 Å². The van der Waals surface area contributed by atoms with Crippen LogP contribution in [0.25, 0.3) is 21.7 Å². The number of benzene rings is 3. The molecule has 152 valence electrons. The van der Waals surface area contributed by atoms with Crippen LogP contribution < -0.4 is 11.2 Å². The van der Waals surface area contributed by atoms with E-state index in [0.717, 1.165) is 10.8 Å². The first-order chi connectivity index (χ1) is 14.3. The van der Waals surface area contributed by atoms with Gasteiger partial charge in [0, 0.05) is 22.2 Å². The van der Waals surface area contributed by atoms with Gasteiger partial charge in [-0.1, -0.05) is 41.9 Å². The Morgan fingerprint density at radius 2 is 1.83 bits per heavy atom. The summed E-state index contributed by atoms with van der Waals surface area (Å²) in [5.41, 5.74) is 9.17. The Morgan fingerprint density at radius 1 is 1.10 bits per heavy atom. The van der Waals surface area contributed by atoms with E-state index in [0.29, 0.717) is 27.2 Å². The number of hydrogen-bond donors (Lipinski definition) is 3. The quantitative estimate of drug-likeness (QED) is 0.254. The summed E-state index contributed by atoms with van der Waals surface area (Å²) in [5, 5.41) is 14.2. The minimum atomic E-state index is -3.88. The molecular weight excluding hydrogens is 422 g/mol. The molecule has 0 aliphatic rings. The molecule has 0 saturated heterocycles. The van der Waals surface area contributed by atoms with Crippen molar-refractivity contribution in [1.29, 1.82) is 5.41 Å². The summed E-state index contributed by atoms with van der Waals surface area (Å²) >= 11 is 6.16. The highest BCUT2D eigenvalue weighted by Gasteiger charge is 2.22. The Kier molecular flexibility index (Phi) is 4.97. The van der Waals surface area contributed by atoms with Gasteiger partial charge in [0.1, 0.15) is 0 Å². The number of aromatic nitrogens is 1. The van der Waals surface area contributed by atoms with Gasteiger partial charge in [0.15, 0.2) is 0 Å². The van der Waals surface area contributed by atoms with Crippen LogP contribution >= 0.6 is 11.6 Å². The summed E-state index contributed by atoms with van der Waals surface area (Å²) in [6, 6.07) is 17.6. The lowest BCUT2D eigenvalue weighted by Gasteiger charge is -2.09. The maximum Gasteiger partial charge on any atom is 0.268 e. The second-order valence-electron chi connectivity index (χ2n) is 6.74. The maximum atomic E-state index is 13.5. The number of hydrogen-bond acceptors (Lipinski definition) is 4. The predicted molar refractivity (Wildman–Crippen MR) is 121 cm³/mol. The molecule has 0 atom stereocenters. The third-order valence-corrected chi connectivity index (χ3v) is 6.65. The Hall–Kier alpha value is -3.36. The number of halogens is 1. The summed E-state index contributed by atoms with van der Waals surface area (Å²) in [6.07, 6.45) is 1.51. The fourth-order valence-corrected chi connectivity index (χ4v) is 4.88. The molecule has 0 unspecified atom stereocenters. The van der Waals surface area contributed by atoms with Gasteiger partial charge >= 0.3 is 0 Å². The van der Waals surface area contributed by atoms with Gasteiger partial charge in [0.25, 0.3) is 10.0 Å². The number of fused-ring (bicyclic) bond motifs is 2. The highest BCUT2D eigenvalue weighted by atomic mass is 35.5. The Balaban J connectivity index is 1.93. The average molecular weight is 440 g/mol. The van der Waals surface area contributed by atoms with Gasteiger partial charge in [-0.3, -0.25) is 5.41 Å².